The van der Waals surface area contributed by atoms with E-state index in [1.807, 2.05) is 11.9 Å². The van der Waals surface area contributed by atoms with Crippen LogP contribution >= 0.6 is 0 Å². The zero-order valence-electron chi connectivity index (χ0n) is 8.92. The molecule has 1 heterocycles. The lowest BCUT2D eigenvalue weighted by atomic mass is 10.1. The van der Waals surface area contributed by atoms with Gasteiger partial charge in [0.15, 0.2) is 5.92 Å². The Balaban J connectivity index is 2.42. The molecule has 0 radical (unpaired) electrons. The molecular weight excluding hydrogens is 225 g/mol. The van der Waals surface area contributed by atoms with Crippen molar-refractivity contribution in [3.05, 3.63) is 0 Å². The van der Waals surface area contributed by atoms with Gasteiger partial charge >= 0.3 is 12.1 Å². The number of hydrogen-bond acceptors (Lipinski definition) is 3. The zero-order chi connectivity index (χ0) is 12.3. The predicted molar refractivity (Wildman–Crippen MR) is 51.1 cm³/mol. The lowest BCUT2D eigenvalue weighted by Gasteiger charge is -2.19. The van der Waals surface area contributed by atoms with Gasteiger partial charge in [0, 0.05) is 19.1 Å². The fourth-order valence-electron chi connectivity index (χ4n) is 1.73. The van der Waals surface area contributed by atoms with Gasteiger partial charge < -0.3 is 15.3 Å². The van der Waals surface area contributed by atoms with E-state index >= 15 is 0 Å². The number of carboxylic acids is 1. The summed E-state index contributed by atoms with van der Waals surface area (Å²) in [5.74, 6) is -4.15. The molecule has 94 valence electrons. The average molecular weight is 240 g/mol. The van der Waals surface area contributed by atoms with E-state index in [2.05, 4.69) is 5.32 Å². The molecule has 1 fully saturated rings. The molecule has 0 aromatic carbocycles. The first-order valence-electron chi connectivity index (χ1n) is 5.02. The van der Waals surface area contributed by atoms with Gasteiger partial charge in [0.2, 0.25) is 0 Å². The summed E-state index contributed by atoms with van der Waals surface area (Å²) in [5, 5.41) is 11.1. The standard InChI is InChI=1S/C9H15F3N2O2/c1-14-3-2-6(5-14)13-4-7(8(15)16)9(10,11)12/h6-7,13H,2-5H2,1H3,(H,15,16). The molecule has 0 saturated carbocycles. The molecule has 4 nitrogen and oxygen atoms in total. The van der Waals surface area contributed by atoms with Gasteiger partial charge in [0.25, 0.3) is 0 Å². The third-order valence-corrected chi connectivity index (χ3v) is 2.70. The molecular formula is C9H15F3N2O2. The van der Waals surface area contributed by atoms with Crippen molar-refractivity contribution >= 4 is 5.97 Å². The highest BCUT2D eigenvalue weighted by atomic mass is 19.4. The predicted octanol–water partition coefficient (Wildman–Crippen LogP) is 0.543. The van der Waals surface area contributed by atoms with E-state index in [0.29, 0.717) is 6.54 Å². The minimum Gasteiger partial charge on any atom is -0.481 e. The molecule has 0 bridgehead atoms. The highest BCUT2D eigenvalue weighted by Crippen LogP contribution is 2.26. The van der Waals surface area contributed by atoms with Gasteiger partial charge in [-0.3, -0.25) is 4.79 Å². The third-order valence-electron chi connectivity index (χ3n) is 2.70. The second-order valence-electron chi connectivity index (χ2n) is 4.09. The molecule has 0 spiro atoms. The highest BCUT2D eigenvalue weighted by Gasteiger charge is 2.45. The van der Waals surface area contributed by atoms with Gasteiger partial charge in [-0.2, -0.15) is 13.2 Å². The maximum atomic E-state index is 12.3. The second kappa shape index (κ2) is 5.01. The SMILES string of the molecule is CN1CCC(NCC(C(=O)O)C(F)(F)F)C1. The van der Waals surface area contributed by atoms with Gasteiger partial charge in [-0.05, 0) is 20.0 Å². The van der Waals surface area contributed by atoms with Crippen molar-refractivity contribution in [2.45, 2.75) is 18.6 Å². The molecule has 0 aromatic rings. The number of likely N-dealkylation sites (N-methyl/N-ethyl adjacent to an activating group) is 1. The van der Waals surface area contributed by atoms with Crippen LogP contribution in [0.3, 0.4) is 0 Å². The number of likely N-dealkylation sites (tertiary alicyclic amines) is 1. The van der Waals surface area contributed by atoms with Crippen LogP contribution in [0.5, 0.6) is 0 Å². The number of halogens is 3. The Hall–Kier alpha value is -0.820. The molecule has 1 aliphatic rings. The summed E-state index contributed by atoms with van der Waals surface area (Å²) in [6, 6.07) is -0.0470. The van der Waals surface area contributed by atoms with E-state index in [1.165, 1.54) is 0 Å². The number of aliphatic carboxylic acids is 1. The summed E-state index contributed by atoms with van der Waals surface area (Å²) in [6.07, 6.45) is -3.94. The lowest BCUT2D eigenvalue weighted by Crippen LogP contribution is -2.43. The maximum Gasteiger partial charge on any atom is 0.403 e. The van der Waals surface area contributed by atoms with E-state index in [1.54, 1.807) is 0 Å². The topological polar surface area (TPSA) is 52.6 Å². The molecule has 0 aliphatic carbocycles. The number of rotatable bonds is 4. The Morgan fingerprint density at radius 3 is 2.62 bits per heavy atom. The van der Waals surface area contributed by atoms with Gasteiger partial charge in [-0.25, -0.2) is 0 Å². The molecule has 16 heavy (non-hydrogen) atoms. The van der Waals surface area contributed by atoms with E-state index in [9.17, 15) is 18.0 Å². The van der Waals surface area contributed by atoms with Gasteiger partial charge in [-0.15, -0.1) is 0 Å². The summed E-state index contributed by atoms with van der Waals surface area (Å²) in [4.78, 5) is 12.4. The normalized spacial score (nSPS) is 24.6. The highest BCUT2D eigenvalue weighted by molar-refractivity contribution is 5.71. The minimum atomic E-state index is -4.69. The van der Waals surface area contributed by atoms with Crippen LogP contribution in [0.1, 0.15) is 6.42 Å². The first kappa shape index (κ1) is 13.2. The average Bonchev–Trinajstić information content (AvgIpc) is 2.48. The molecule has 2 atom stereocenters. The summed E-state index contributed by atoms with van der Waals surface area (Å²) < 4.78 is 36.9. The maximum absolute atomic E-state index is 12.3. The first-order chi connectivity index (χ1) is 7.30. The number of hydrogen-bond donors (Lipinski definition) is 2. The van der Waals surface area contributed by atoms with Crippen molar-refractivity contribution in [2.75, 3.05) is 26.7 Å². The van der Waals surface area contributed by atoms with Crippen molar-refractivity contribution in [1.82, 2.24) is 10.2 Å². The summed E-state index contributed by atoms with van der Waals surface area (Å²) in [7, 11) is 1.88. The summed E-state index contributed by atoms with van der Waals surface area (Å²) in [6.45, 7) is 0.920. The molecule has 7 heteroatoms. The Labute approximate surface area is 91.4 Å². The number of carboxylic acid groups (broad SMARTS) is 1. The van der Waals surface area contributed by atoms with Crippen LogP contribution in [0.15, 0.2) is 0 Å². The molecule has 2 N–H and O–H groups in total. The monoisotopic (exact) mass is 240 g/mol. The van der Waals surface area contributed by atoms with Crippen molar-refractivity contribution in [3.8, 4) is 0 Å². The number of alkyl halides is 3. The van der Waals surface area contributed by atoms with E-state index in [4.69, 9.17) is 5.11 Å². The van der Waals surface area contributed by atoms with Crippen LogP contribution in [-0.2, 0) is 4.79 Å². The molecule has 0 aromatic heterocycles. The van der Waals surface area contributed by atoms with Crippen molar-refractivity contribution in [3.63, 3.8) is 0 Å². The van der Waals surface area contributed by atoms with E-state index < -0.39 is 24.6 Å². The second-order valence-corrected chi connectivity index (χ2v) is 4.09. The van der Waals surface area contributed by atoms with Crippen LogP contribution in [0.2, 0.25) is 0 Å². The van der Waals surface area contributed by atoms with Gasteiger partial charge in [0.05, 0.1) is 0 Å². The van der Waals surface area contributed by atoms with Gasteiger partial charge in [-0.1, -0.05) is 0 Å². The third kappa shape index (κ3) is 3.64. The number of nitrogens with zero attached hydrogens (tertiary/aromatic N) is 1. The molecule has 1 saturated heterocycles. The Morgan fingerprint density at radius 2 is 2.25 bits per heavy atom. The largest absolute Gasteiger partial charge is 0.481 e. The lowest BCUT2D eigenvalue weighted by molar-refractivity contribution is -0.192. The Bertz CT molecular complexity index is 258. The van der Waals surface area contributed by atoms with Crippen LogP contribution in [0, 0.1) is 5.92 Å². The van der Waals surface area contributed by atoms with Crippen molar-refractivity contribution < 1.29 is 23.1 Å². The molecule has 0 amide bonds. The van der Waals surface area contributed by atoms with E-state index in [-0.39, 0.29) is 6.04 Å². The smallest absolute Gasteiger partial charge is 0.403 e. The van der Waals surface area contributed by atoms with Crippen LogP contribution in [0.4, 0.5) is 13.2 Å². The Morgan fingerprint density at radius 1 is 1.62 bits per heavy atom. The van der Waals surface area contributed by atoms with Crippen LogP contribution < -0.4 is 5.32 Å². The van der Waals surface area contributed by atoms with Crippen molar-refractivity contribution in [2.24, 2.45) is 5.92 Å². The fourth-order valence-corrected chi connectivity index (χ4v) is 1.73. The molecule has 1 aliphatic heterocycles. The van der Waals surface area contributed by atoms with Gasteiger partial charge in [0.1, 0.15) is 0 Å². The van der Waals surface area contributed by atoms with Crippen molar-refractivity contribution in [1.29, 1.82) is 0 Å². The number of carbonyl (C=O) groups is 1. The molecule has 2 unspecified atom stereocenters. The quantitative estimate of drug-likeness (QED) is 0.753. The Kier molecular flexibility index (Phi) is 4.15. The first-order valence-corrected chi connectivity index (χ1v) is 5.02. The minimum absolute atomic E-state index is 0.0470. The van der Waals surface area contributed by atoms with E-state index in [0.717, 1.165) is 13.0 Å². The fraction of sp³-hybridized carbons (Fsp3) is 0.889. The van der Waals surface area contributed by atoms with Crippen LogP contribution in [0.25, 0.3) is 0 Å². The summed E-state index contributed by atoms with van der Waals surface area (Å²) >= 11 is 0. The number of nitrogens with one attached hydrogen (secondary N) is 1. The summed E-state index contributed by atoms with van der Waals surface area (Å²) in [5.41, 5.74) is 0. The molecule has 1 rings (SSSR count). The van der Waals surface area contributed by atoms with Crippen LogP contribution in [-0.4, -0.2) is 54.9 Å². The zero-order valence-corrected chi connectivity index (χ0v) is 8.92.